The van der Waals surface area contributed by atoms with Crippen molar-refractivity contribution in [2.45, 2.75) is 0 Å². The van der Waals surface area contributed by atoms with Crippen LogP contribution in [0.3, 0.4) is 0 Å². The summed E-state index contributed by atoms with van der Waals surface area (Å²) in [5.74, 6) is 0. The molecule has 3 heteroatoms. The minimum absolute atomic E-state index is 0. The first kappa shape index (κ1) is 9.83. The molecule has 0 spiro atoms. The van der Waals surface area contributed by atoms with E-state index in [0.29, 0.717) is 6.54 Å². The van der Waals surface area contributed by atoms with Crippen LogP contribution in [0, 0.1) is 6.61 Å². The van der Waals surface area contributed by atoms with Crippen molar-refractivity contribution in [2.75, 3.05) is 13.7 Å². The van der Waals surface area contributed by atoms with Crippen molar-refractivity contribution in [3.05, 3.63) is 6.61 Å². The summed E-state index contributed by atoms with van der Waals surface area (Å²) in [5, 5.41) is 0. The minimum atomic E-state index is 0. The van der Waals surface area contributed by atoms with Gasteiger partial charge in [-0.15, -0.1) is 6.54 Å². The fourth-order valence-electron chi connectivity index (χ4n) is 0.0962. The molecule has 0 heterocycles. The summed E-state index contributed by atoms with van der Waals surface area (Å²) < 4.78 is 4.44. The molecule has 0 radical (unpaired) electrons. The molecule has 2 N–H and O–H groups in total. The molecule has 0 amide bonds. The van der Waals surface area contributed by atoms with Gasteiger partial charge in [-0.2, -0.15) is 6.61 Å². The van der Waals surface area contributed by atoms with E-state index in [9.17, 15) is 0 Å². The van der Waals surface area contributed by atoms with Crippen LogP contribution in [0.2, 0.25) is 0 Å². The van der Waals surface area contributed by atoms with E-state index in [2.05, 4.69) is 4.74 Å². The first-order chi connectivity index (χ1) is 2.41. The Balaban J connectivity index is 0. The Hall–Kier alpha value is 0.660. The fourth-order valence-corrected chi connectivity index (χ4v) is 0.0962. The van der Waals surface area contributed by atoms with Gasteiger partial charge in [0.15, 0.2) is 0 Å². The molecule has 0 fully saturated rings. The van der Waals surface area contributed by atoms with E-state index in [1.807, 2.05) is 0 Å². The number of rotatable bonds is 2. The molecule has 0 bridgehead atoms. The summed E-state index contributed by atoms with van der Waals surface area (Å²) in [5.41, 5.74) is 4.96. The largest absolute Gasteiger partial charge is 1.00 e. The van der Waals surface area contributed by atoms with Crippen LogP contribution in [0.5, 0.6) is 0 Å². The molecule has 0 atom stereocenters. The monoisotopic (exact) mass is 271 g/mol. The van der Waals surface area contributed by atoms with Gasteiger partial charge in [-0.25, -0.2) is 0 Å². The van der Waals surface area contributed by atoms with Gasteiger partial charge in [0.2, 0.25) is 0 Å². The van der Waals surface area contributed by atoms with Crippen LogP contribution in [0.25, 0.3) is 0 Å². The molecule has 0 aromatic rings. The summed E-state index contributed by atoms with van der Waals surface area (Å²) in [6.45, 7) is 2.02. The number of hydrogen-bond donors (Lipinski definition) is 1. The summed E-state index contributed by atoms with van der Waals surface area (Å²) in [4.78, 5) is 0. The van der Waals surface area contributed by atoms with Gasteiger partial charge in [-0.1, -0.05) is 0 Å². The van der Waals surface area contributed by atoms with Gasteiger partial charge in [-0.05, 0) is 7.11 Å². The van der Waals surface area contributed by atoms with E-state index in [1.165, 1.54) is 6.61 Å². The zero-order chi connectivity index (χ0) is 4.12. The van der Waals surface area contributed by atoms with Gasteiger partial charge in [-0.3, -0.25) is 0 Å². The summed E-state index contributed by atoms with van der Waals surface area (Å²) in [6, 6.07) is 0. The first-order valence-corrected chi connectivity index (χ1v) is 1.46. The molecule has 0 aliphatic rings. The smallest absolute Gasteiger partial charge is 0.553 e. The second-order valence-electron chi connectivity index (χ2n) is 0.638. The normalized spacial score (nSPS) is 7.00. The zero-order valence-electron chi connectivity index (χ0n) is 3.57. The van der Waals surface area contributed by atoms with Crippen LogP contribution in [-0.4, -0.2) is 13.7 Å². The van der Waals surface area contributed by atoms with Gasteiger partial charge in [0.05, 0.1) is 0 Å². The van der Waals surface area contributed by atoms with E-state index >= 15 is 0 Å². The number of ether oxygens (including phenoxy) is 1. The molecule has 0 saturated carbocycles. The standard InChI is InChI=1S/C3H8NO.Au/c1-5-3-2-4;/h3H,2,4H2,1H3;/q-1;+1. The first-order valence-electron chi connectivity index (χ1n) is 1.46. The van der Waals surface area contributed by atoms with Crippen molar-refractivity contribution in [3.63, 3.8) is 0 Å². The molecule has 0 saturated heterocycles. The maximum Gasteiger partial charge on any atom is 1.00 e. The fraction of sp³-hybridized carbons (Fsp3) is 0.667. The second-order valence-corrected chi connectivity index (χ2v) is 0.638. The number of nitrogens with two attached hydrogens (primary N) is 1. The van der Waals surface area contributed by atoms with Crippen molar-refractivity contribution in [2.24, 2.45) is 5.73 Å². The molecular formula is C3H8AuNO. The average Bonchev–Trinajstić information content (AvgIpc) is 1.41. The van der Waals surface area contributed by atoms with E-state index in [1.54, 1.807) is 7.11 Å². The molecule has 0 aliphatic heterocycles. The number of hydrogen-bond acceptors (Lipinski definition) is 2. The van der Waals surface area contributed by atoms with Crippen LogP contribution >= 0.6 is 0 Å². The Morgan fingerprint density at radius 2 is 2.33 bits per heavy atom. The Labute approximate surface area is 53.6 Å². The molecule has 0 unspecified atom stereocenters. The van der Waals surface area contributed by atoms with Crippen molar-refractivity contribution in [1.29, 1.82) is 0 Å². The molecular weight excluding hydrogens is 263 g/mol. The predicted octanol–water partition coefficient (Wildman–Crippen LogP) is -0.249. The average molecular weight is 271 g/mol. The Bertz CT molecular complexity index is 18.3. The second kappa shape index (κ2) is 9.18. The Morgan fingerprint density at radius 3 is 2.33 bits per heavy atom. The third-order valence-corrected chi connectivity index (χ3v) is 0.263. The van der Waals surface area contributed by atoms with E-state index in [-0.39, 0.29) is 22.4 Å². The van der Waals surface area contributed by atoms with Crippen LogP contribution in [0.15, 0.2) is 0 Å². The quantitative estimate of drug-likeness (QED) is 0.555. The van der Waals surface area contributed by atoms with Gasteiger partial charge in [0.25, 0.3) is 0 Å². The van der Waals surface area contributed by atoms with E-state index in [0.717, 1.165) is 0 Å². The maximum absolute atomic E-state index is 4.96. The maximum atomic E-state index is 4.96. The van der Waals surface area contributed by atoms with Crippen molar-refractivity contribution < 1.29 is 27.1 Å². The van der Waals surface area contributed by atoms with Gasteiger partial charge in [0.1, 0.15) is 0 Å². The molecule has 0 aromatic carbocycles. The van der Waals surface area contributed by atoms with E-state index < -0.39 is 0 Å². The van der Waals surface area contributed by atoms with Crippen LogP contribution in [0.1, 0.15) is 0 Å². The third-order valence-electron chi connectivity index (χ3n) is 0.263. The molecule has 0 aliphatic carbocycles. The molecule has 6 heavy (non-hydrogen) atoms. The van der Waals surface area contributed by atoms with Gasteiger partial charge < -0.3 is 10.5 Å². The molecule has 2 nitrogen and oxygen atoms in total. The van der Waals surface area contributed by atoms with Gasteiger partial charge >= 0.3 is 22.4 Å². The summed E-state index contributed by atoms with van der Waals surface area (Å²) in [6.07, 6.45) is 0. The Morgan fingerprint density at radius 1 is 1.83 bits per heavy atom. The number of methoxy groups -OCH3 is 1. The Kier molecular flexibility index (Phi) is 15.0. The minimum Gasteiger partial charge on any atom is -0.553 e. The zero-order valence-corrected chi connectivity index (χ0v) is 5.74. The molecule has 0 aromatic heterocycles. The van der Waals surface area contributed by atoms with Crippen LogP contribution in [-0.2, 0) is 27.1 Å². The van der Waals surface area contributed by atoms with Crippen LogP contribution in [0.4, 0.5) is 0 Å². The topological polar surface area (TPSA) is 35.2 Å². The summed E-state index contributed by atoms with van der Waals surface area (Å²) >= 11 is 0. The predicted molar refractivity (Wildman–Crippen MR) is 20.4 cm³/mol. The molecule has 42 valence electrons. The molecule has 0 rings (SSSR count). The third kappa shape index (κ3) is 8.82. The van der Waals surface area contributed by atoms with Crippen molar-refractivity contribution in [1.82, 2.24) is 0 Å². The van der Waals surface area contributed by atoms with Crippen molar-refractivity contribution >= 4 is 0 Å². The van der Waals surface area contributed by atoms with E-state index in [4.69, 9.17) is 5.73 Å². The van der Waals surface area contributed by atoms with Crippen molar-refractivity contribution in [3.8, 4) is 0 Å². The summed E-state index contributed by atoms with van der Waals surface area (Å²) in [7, 11) is 1.58. The van der Waals surface area contributed by atoms with Crippen LogP contribution < -0.4 is 5.73 Å². The SMILES string of the molecule is CO[CH-]CN.[Au+]. The van der Waals surface area contributed by atoms with Gasteiger partial charge in [0, 0.05) is 0 Å².